The van der Waals surface area contributed by atoms with Crippen molar-refractivity contribution in [2.75, 3.05) is 55.2 Å². The summed E-state index contributed by atoms with van der Waals surface area (Å²) in [6.45, 7) is 0.598. The second-order valence-corrected chi connectivity index (χ2v) is 8.53. The first-order chi connectivity index (χ1) is 8.81. The maximum absolute atomic E-state index is 11.5. The molecule has 0 aliphatic rings. The Morgan fingerprint density at radius 2 is 1.53 bits per heavy atom. The number of phosphoric acid groups is 1. The summed E-state index contributed by atoms with van der Waals surface area (Å²) in [6, 6.07) is 0.262. The molecule has 0 aromatic rings. The molecule has 0 amide bonds. The minimum absolute atomic E-state index is 0.0442. The molecule has 19 heavy (non-hydrogen) atoms. The largest absolute Gasteiger partial charge is 0.502 e. The van der Waals surface area contributed by atoms with Crippen LogP contribution in [0.5, 0.6) is 0 Å². The van der Waals surface area contributed by atoms with Gasteiger partial charge in [0.25, 0.3) is 0 Å². The lowest BCUT2D eigenvalue weighted by Crippen LogP contribution is -2.43. The van der Waals surface area contributed by atoms with Crippen molar-refractivity contribution in [1.29, 1.82) is 0 Å². The van der Waals surface area contributed by atoms with Gasteiger partial charge in [-0.3, -0.25) is 9.05 Å². The molecule has 8 nitrogen and oxygen atoms in total. The number of hydrogen-bond donors (Lipinski definition) is 1. The second-order valence-electron chi connectivity index (χ2n) is 3.98. The topological polar surface area (TPSA) is 86.7 Å². The molecule has 0 aromatic carbocycles. The highest BCUT2D eigenvalue weighted by molar-refractivity contribution is 7.47. The van der Waals surface area contributed by atoms with Crippen LogP contribution in [0.25, 0.3) is 0 Å². The van der Waals surface area contributed by atoms with E-state index in [1.165, 1.54) is 21.3 Å². The SMILES string of the molecule is CO[Si](CCOP(=O)(O)OCCN(C)C)(OC)OC. The van der Waals surface area contributed by atoms with Crippen LogP contribution in [-0.4, -0.2) is 73.8 Å². The predicted molar refractivity (Wildman–Crippen MR) is 71.9 cm³/mol. The Hall–Kier alpha value is 0.167. The van der Waals surface area contributed by atoms with E-state index in [2.05, 4.69) is 0 Å². The zero-order chi connectivity index (χ0) is 14.9. The van der Waals surface area contributed by atoms with Crippen LogP contribution in [0, 0.1) is 0 Å². The standard InChI is InChI=1S/C9H24NO7PSi/c1-10(2)6-7-16-18(11,12)17-8-9-19(13-3,14-4)15-5/h6-9H2,1-5H3,(H,11,12). The Morgan fingerprint density at radius 1 is 1.05 bits per heavy atom. The molecule has 0 fully saturated rings. The Balaban J connectivity index is 4.06. The van der Waals surface area contributed by atoms with Gasteiger partial charge in [0.15, 0.2) is 0 Å². The van der Waals surface area contributed by atoms with E-state index in [9.17, 15) is 9.46 Å². The van der Waals surface area contributed by atoms with Gasteiger partial charge in [-0.15, -0.1) is 0 Å². The summed E-state index contributed by atoms with van der Waals surface area (Å²) in [5.41, 5.74) is 0. The quantitative estimate of drug-likeness (QED) is 0.437. The van der Waals surface area contributed by atoms with Crippen LogP contribution in [0.3, 0.4) is 0 Å². The van der Waals surface area contributed by atoms with Gasteiger partial charge >= 0.3 is 16.6 Å². The summed E-state index contributed by atoms with van der Waals surface area (Å²) in [4.78, 5) is 11.3. The van der Waals surface area contributed by atoms with Crippen molar-refractivity contribution in [1.82, 2.24) is 4.90 Å². The van der Waals surface area contributed by atoms with Crippen LogP contribution < -0.4 is 0 Å². The van der Waals surface area contributed by atoms with E-state index in [1.54, 1.807) is 0 Å². The van der Waals surface area contributed by atoms with Crippen LogP contribution in [0.15, 0.2) is 0 Å². The van der Waals surface area contributed by atoms with Crippen molar-refractivity contribution in [3.63, 3.8) is 0 Å². The van der Waals surface area contributed by atoms with Gasteiger partial charge < -0.3 is 23.1 Å². The van der Waals surface area contributed by atoms with E-state index in [0.29, 0.717) is 6.54 Å². The maximum Gasteiger partial charge on any atom is 0.502 e. The fourth-order valence-corrected chi connectivity index (χ4v) is 3.56. The Bertz CT molecular complexity index is 279. The zero-order valence-electron chi connectivity index (χ0n) is 12.1. The van der Waals surface area contributed by atoms with Crippen molar-refractivity contribution in [3.8, 4) is 0 Å². The molecule has 1 N–H and O–H groups in total. The van der Waals surface area contributed by atoms with Crippen molar-refractivity contribution in [2.45, 2.75) is 6.04 Å². The molecule has 1 unspecified atom stereocenters. The number of likely N-dealkylation sites (N-methyl/N-ethyl adjacent to an activating group) is 1. The number of phosphoric ester groups is 1. The average Bonchev–Trinajstić information content (AvgIpc) is 2.34. The Morgan fingerprint density at radius 3 is 1.95 bits per heavy atom. The monoisotopic (exact) mass is 317 g/mol. The molecule has 0 heterocycles. The van der Waals surface area contributed by atoms with Crippen LogP contribution in [0.1, 0.15) is 0 Å². The molecule has 0 aromatic heterocycles. The van der Waals surface area contributed by atoms with Gasteiger partial charge in [0.05, 0.1) is 13.2 Å². The molecular formula is C9H24NO7PSi. The third kappa shape index (κ3) is 8.13. The van der Waals surface area contributed by atoms with Crippen molar-refractivity contribution in [3.05, 3.63) is 0 Å². The summed E-state index contributed by atoms with van der Waals surface area (Å²) in [5.74, 6) is 0. The van der Waals surface area contributed by atoms with Crippen molar-refractivity contribution >= 4 is 16.6 Å². The van der Waals surface area contributed by atoms with E-state index in [4.69, 9.17) is 22.3 Å². The van der Waals surface area contributed by atoms with E-state index < -0.39 is 16.6 Å². The third-order valence-corrected chi connectivity index (χ3v) is 6.09. The van der Waals surface area contributed by atoms with Gasteiger partial charge in [0.1, 0.15) is 0 Å². The number of hydrogen-bond acceptors (Lipinski definition) is 7. The van der Waals surface area contributed by atoms with Crippen molar-refractivity contribution < 1.29 is 31.8 Å². The van der Waals surface area contributed by atoms with E-state index in [1.807, 2.05) is 19.0 Å². The van der Waals surface area contributed by atoms with Crippen molar-refractivity contribution in [2.24, 2.45) is 0 Å². The fourth-order valence-electron chi connectivity index (χ4n) is 1.22. The minimum Gasteiger partial charge on any atom is -0.377 e. The summed E-state index contributed by atoms with van der Waals surface area (Å²) in [7, 11) is 1.24. The van der Waals surface area contributed by atoms with Gasteiger partial charge in [-0.2, -0.15) is 0 Å². The highest BCUT2D eigenvalue weighted by Gasteiger charge is 2.38. The van der Waals surface area contributed by atoms with Gasteiger partial charge in [-0.05, 0) is 14.1 Å². The fraction of sp³-hybridized carbons (Fsp3) is 1.00. The summed E-state index contributed by atoms with van der Waals surface area (Å²) in [5, 5.41) is 0. The van der Waals surface area contributed by atoms with Gasteiger partial charge in [0, 0.05) is 33.9 Å². The summed E-state index contributed by atoms with van der Waals surface area (Å²) < 4.78 is 36.6. The molecule has 0 saturated carbocycles. The van der Waals surface area contributed by atoms with Crippen LogP contribution in [0.2, 0.25) is 6.04 Å². The first-order valence-corrected chi connectivity index (χ1v) is 9.15. The Labute approximate surface area is 115 Å². The molecule has 0 spiro atoms. The Kier molecular flexibility index (Phi) is 9.25. The van der Waals surface area contributed by atoms with E-state index in [0.717, 1.165) is 0 Å². The number of rotatable bonds is 11. The van der Waals surface area contributed by atoms with Crippen LogP contribution >= 0.6 is 7.82 Å². The molecule has 1 atom stereocenters. The molecular weight excluding hydrogens is 293 g/mol. The normalized spacial score (nSPS) is 15.7. The highest BCUT2D eigenvalue weighted by Crippen LogP contribution is 2.43. The predicted octanol–water partition coefficient (Wildman–Crippen LogP) is 0.560. The first kappa shape index (κ1) is 19.2. The smallest absolute Gasteiger partial charge is 0.377 e. The highest BCUT2D eigenvalue weighted by atomic mass is 31.2. The number of nitrogens with zero attached hydrogens (tertiary/aromatic N) is 1. The van der Waals surface area contributed by atoms with E-state index >= 15 is 0 Å². The molecule has 0 radical (unpaired) electrons. The van der Waals surface area contributed by atoms with Crippen LogP contribution in [-0.2, 0) is 26.9 Å². The van der Waals surface area contributed by atoms with E-state index in [-0.39, 0.29) is 19.3 Å². The van der Waals surface area contributed by atoms with Gasteiger partial charge in [0.2, 0.25) is 0 Å². The zero-order valence-corrected chi connectivity index (χ0v) is 14.0. The summed E-state index contributed by atoms with van der Waals surface area (Å²) in [6.07, 6.45) is 0. The lowest BCUT2D eigenvalue weighted by atomic mass is 10.6. The molecule has 10 heteroatoms. The second kappa shape index (κ2) is 9.17. The third-order valence-electron chi connectivity index (χ3n) is 2.39. The molecule has 0 aliphatic heterocycles. The lowest BCUT2D eigenvalue weighted by Gasteiger charge is -2.24. The van der Waals surface area contributed by atoms with Gasteiger partial charge in [-0.1, -0.05) is 0 Å². The van der Waals surface area contributed by atoms with Gasteiger partial charge in [-0.25, -0.2) is 4.57 Å². The first-order valence-electron chi connectivity index (χ1n) is 5.73. The lowest BCUT2D eigenvalue weighted by molar-refractivity contribution is 0.108. The summed E-state index contributed by atoms with van der Waals surface area (Å²) >= 11 is 0. The molecule has 0 saturated heterocycles. The average molecular weight is 317 g/mol. The van der Waals surface area contributed by atoms with Crippen LogP contribution in [0.4, 0.5) is 0 Å². The molecule has 0 aliphatic carbocycles. The molecule has 0 rings (SSSR count). The molecule has 116 valence electrons. The minimum atomic E-state index is -4.04. The molecule has 0 bridgehead atoms. The maximum atomic E-state index is 11.5.